The number of halogens is 1. The normalized spacial score (nSPS) is 20.3. The summed E-state index contributed by atoms with van der Waals surface area (Å²) in [6.45, 7) is 1.63. The van der Waals surface area contributed by atoms with Crippen LogP contribution in [-0.2, 0) is 15.6 Å². The quantitative estimate of drug-likeness (QED) is 0.884. The predicted molar refractivity (Wildman–Crippen MR) is 86.8 cm³/mol. The van der Waals surface area contributed by atoms with E-state index in [1.165, 1.54) is 13.0 Å². The van der Waals surface area contributed by atoms with Gasteiger partial charge in [0, 0.05) is 18.5 Å². The molecule has 0 amide bonds. The van der Waals surface area contributed by atoms with E-state index in [1.54, 1.807) is 24.3 Å². The fourth-order valence-electron chi connectivity index (χ4n) is 2.83. The average Bonchev–Trinajstić information content (AvgIpc) is 2.53. The van der Waals surface area contributed by atoms with Gasteiger partial charge in [0.05, 0.1) is 11.5 Å². The Kier molecular flexibility index (Phi) is 4.33. The van der Waals surface area contributed by atoms with E-state index in [-0.39, 0.29) is 17.9 Å². The summed E-state index contributed by atoms with van der Waals surface area (Å²) in [6, 6.07) is 10.5. The first-order valence-corrected chi connectivity index (χ1v) is 9.01. The molecule has 0 saturated heterocycles. The molecule has 2 aromatic rings. The second-order valence-corrected chi connectivity index (χ2v) is 7.60. The maximum Gasteiger partial charge on any atom is 0.240 e. The summed E-state index contributed by atoms with van der Waals surface area (Å²) >= 11 is 0. The minimum atomic E-state index is -3.87. The molecule has 2 aromatic carbocycles. The number of aliphatic hydroxyl groups is 1. The molecule has 2 N–H and O–H groups in total. The van der Waals surface area contributed by atoms with Crippen LogP contribution >= 0.6 is 0 Å². The van der Waals surface area contributed by atoms with Crippen LogP contribution in [0.2, 0.25) is 0 Å². The van der Waals surface area contributed by atoms with Gasteiger partial charge in [-0.15, -0.1) is 0 Å². The minimum absolute atomic E-state index is 0.00663. The van der Waals surface area contributed by atoms with Crippen LogP contribution in [0, 0.1) is 12.7 Å². The molecule has 1 aliphatic rings. The van der Waals surface area contributed by atoms with Crippen LogP contribution < -0.4 is 9.46 Å². The van der Waals surface area contributed by atoms with E-state index in [1.807, 2.05) is 0 Å². The monoisotopic (exact) mass is 351 g/mol. The Labute approximate surface area is 140 Å². The van der Waals surface area contributed by atoms with Gasteiger partial charge in [0.25, 0.3) is 0 Å². The SMILES string of the molecule is Cc1cc(F)ccc1S(=O)(=O)NCC1(O)CCOc2ccccc21. The molecule has 1 atom stereocenters. The summed E-state index contributed by atoms with van der Waals surface area (Å²) in [4.78, 5) is -0.00663. The van der Waals surface area contributed by atoms with Gasteiger partial charge in [0.15, 0.2) is 0 Å². The predicted octanol–water partition coefficient (Wildman–Crippen LogP) is 2.08. The van der Waals surface area contributed by atoms with Crippen LogP contribution in [0.3, 0.4) is 0 Å². The van der Waals surface area contributed by atoms with Crippen LogP contribution in [0.5, 0.6) is 5.75 Å². The van der Waals surface area contributed by atoms with Crippen molar-refractivity contribution in [3.63, 3.8) is 0 Å². The largest absolute Gasteiger partial charge is 0.493 e. The number of benzene rings is 2. The van der Waals surface area contributed by atoms with Crippen molar-refractivity contribution in [1.29, 1.82) is 0 Å². The zero-order valence-corrected chi connectivity index (χ0v) is 13.9. The Morgan fingerprint density at radius 1 is 1.29 bits per heavy atom. The van der Waals surface area contributed by atoms with Crippen molar-refractivity contribution >= 4 is 10.0 Å². The Balaban J connectivity index is 1.85. The summed E-state index contributed by atoms with van der Waals surface area (Å²) in [6.07, 6.45) is 0.273. The number of nitrogens with one attached hydrogen (secondary N) is 1. The van der Waals surface area contributed by atoms with E-state index in [2.05, 4.69) is 4.72 Å². The molecule has 3 rings (SSSR count). The third-order valence-electron chi connectivity index (χ3n) is 4.14. The molecule has 1 aliphatic heterocycles. The van der Waals surface area contributed by atoms with Gasteiger partial charge < -0.3 is 9.84 Å². The van der Waals surface area contributed by atoms with Crippen LogP contribution in [0.25, 0.3) is 0 Å². The summed E-state index contributed by atoms with van der Waals surface area (Å²) < 4.78 is 46.1. The van der Waals surface area contributed by atoms with Crippen molar-refractivity contribution in [3.05, 3.63) is 59.4 Å². The maximum atomic E-state index is 13.2. The van der Waals surface area contributed by atoms with Gasteiger partial charge in [-0.3, -0.25) is 0 Å². The molecule has 0 aromatic heterocycles. The van der Waals surface area contributed by atoms with Gasteiger partial charge >= 0.3 is 0 Å². The molecule has 1 heterocycles. The molecule has 0 saturated carbocycles. The Morgan fingerprint density at radius 3 is 2.79 bits per heavy atom. The topological polar surface area (TPSA) is 75.6 Å². The minimum Gasteiger partial charge on any atom is -0.493 e. The number of hydrogen-bond donors (Lipinski definition) is 2. The molecule has 0 radical (unpaired) electrons. The molecule has 24 heavy (non-hydrogen) atoms. The molecule has 0 aliphatic carbocycles. The smallest absolute Gasteiger partial charge is 0.240 e. The van der Waals surface area contributed by atoms with Gasteiger partial charge in [-0.05, 0) is 36.8 Å². The number of aryl methyl sites for hydroxylation is 1. The summed E-state index contributed by atoms with van der Waals surface area (Å²) in [5.74, 6) is 0.0480. The lowest BCUT2D eigenvalue weighted by Gasteiger charge is -2.34. The number of sulfonamides is 1. The highest BCUT2D eigenvalue weighted by Crippen LogP contribution is 2.36. The van der Waals surface area contributed by atoms with Crippen LogP contribution in [0.1, 0.15) is 17.5 Å². The number of rotatable bonds is 4. The van der Waals surface area contributed by atoms with E-state index in [0.717, 1.165) is 12.1 Å². The van der Waals surface area contributed by atoms with E-state index in [4.69, 9.17) is 4.74 Å². The third kappa shape index (κ3) is 3.15. The molecule has 5 nitrogen and oxygen atoms in total. The zero-order valence-electron chi connectivity index (χ0n) is 13.1. The standard InChI is InChI=1S/C17H18FNO4S/c1-12-10-13(18)6-7-16(12)24(21,22)19-11-17(20)8-9-23-15-5-3-2-4-14(15)17/h2-7,10,19-20H,8-9,11H2,1H3. The Bertz CT molecular complexity index is 869. The van der Waals surface area contributed by atoms with E-state index in [0.29, 0.717) is 23.5 Å². The highest BCUT2D eigenvalue weighted by Gasteiger charge is 2.36. The van der Waals surface area contributed by atoms with Crippen LogP contribution in [-0.4, -0.2) is 26.7 Å². The zero-order chi connectivity index (χ0) is 17.4. The molecular formula is C17H18FNO4S. The molecule has 1 unspecified atom stereocenters. The van der Waals surface area contributed by atoms with Crippen LogP contribution in [0.4, 0.5) is 4.39 Å². The maximum absolute atomic E-state index is 13.2. The Hall–Kier alpha value is -1.96. The molecule has 0 fully saturated rings. The van der Waals surface area contributed by atoms with Crippen LogP contribution in [0.15, 0.2) is 47.4 Å². The number of hydrogen-bond acceptors (Lipinski definition) is 4. The highest BCUT2D eigenvalue weighted by atomic mass is 32.2. The van der Waals surface area contributed by atoms with Crippen molar-refractivity contribution < 1.29 is 22.7 Å². The molecule has 7 heteroatoms. The van der Waals surface area contributed by atoms with E-state index in [9.17, 15) is 17.9 Å². The van der Waals surface area contributed by atoms with Gasteiger partial charge in [-0.25, -0.2) is 17.5 Å². The lowest BCUT2D eigenvalue weighted by molar-refractivity contribution is 0.00219. The van der Waals surface area contributed by atoms with Crippen molar-refractivity contribution in [3.8, 4) is 5.75 Å². The van der Waals surface area contributed by atoms with Gasteiger partial charge in [-0.2, -0.15) is 0 Å². The van der Waals surface area contributed by atoms with Crippen molar-refractivity contribution in [2.45, 2.75) is 23.8 Å². The third-order valence-corrected chi connectivity index (χ3v) is 5.70. The van der Waals surface area contributed by atoms with Crippen molar-refractivity contribution in [2.75, 3.05) is 13.2 Å². The molecular weight excluding hydrogens is 333 g/mol. The first kappa shape index (κ1) is 16.9. The fraction of sp³-hybridized carbons (Fsp3) is 0.294. The second kappa shape index (κ2) is 6.16. The molecule has 0 bridgehead atoms. The second-order valence-electron chi connectivity index (χ2n) is 5.86. The van der Waals surface area contributed by atoms with Gasteiger partial charge in [0.1, 0.15) is 17.2 Å². The number of fused-ring (bicyclic) bond motifs is 1. The summed E-state index contributed by atoms with van der Waals surface area (Å²) in [5.41, 5.74) is -0.493. The van der Waals surface area contributed by atoms with Gasteiger partial charge in [0.2, 0.25) is 10.0 Å². The van der Waals surface area contributed by atoms with Crippen molar-refractivity contribution in [2.24, 2.45) is 0 Å². The molecule has 128 valence electrons. The highest BCUT2D eigenvalue weighted by molar-refractivity contribution is 7.89. The van der Waals surface area contributed by atoms with Crippen molar-refractivity contribution in [1.82, 2.24) is 4.72 Å². The molecule has 0 spiro atoms. The van der Waals surface area contributed by atoms with Gasteiger partial charge in [-0.1, -0.05) is 18.2 Å². The number of ether oxygens (including phenoxy) is 1. The number of para-hydroxylation sites is 1. The lowest BCUT2D eigenvalue weighted by Crippen LogP contribution is -2.44. The first-order chi connectivity index (χ1) is 11.3. The van der Waals surface area contributed by atoms with E-state index >= 15 is 0 Å². The Morgan fingerprint density at radius 2 is 2.04 bits per heavy atom. The summed E-state index contributed by atoms with van der Waals surface area (Å²) in [5, 5.41) is 10.9. The van der Waals surface area contributed by atoms with E-state index < -0.39 is 21.4 Å². The summed E-state index contributed by atoms with van der Waals surface area (Å²) in [7, 11) is -3.87. The first-order valence-electron chi connectivity index (χ1n) is 7.52. The fourth-order valence-corrected chi connectivity index (χ4v) is 4.15. The lowest BCUT2D eigenvalue weighted by atomic mass is 9.88. The average molecular weight is 351 g/mol.